The van der Waals surface area contributed by atoms with Crippen molar-refractivity contribution in [2.24, 2.45) is 0 Å². The summed E-state index contributed by atoms with van der Waals surface area (Å²) in [4.78, 5) is 17.8. The Kier molecular flexibility index (Phi) is 5.16. The molecule has 0 unspecified atom stereocenters. The van der Waals surface area contributed by atoms with Crippen LogP contribution in [0.1, 0.15) is 24.3 Å². The van der Waals surface area contributed by atoms with E-state index in [9.17, 15) is 13.2 Å². The largest absolute Gasteiger partial charge is 0.338 e. The van der Waals surface area contributed by atoms with Crippen LogP contribution in [-0.4, -0.2) is 31.0 Å². The Morgan fingerprint density at radius 3 is 2.59 bits per heavy atom. The van der Waals surface area contributed by atoms with Crippen molar-refractivity contribution in [1.29, 1.82) is 0 Å². The first-order valence-electron chi connectivity index (χ1n) is 9.23. The van der Waals surface area contributed by atoms with Gasteiger partial charge in [-0.25, -0.2) is 13.1 Å². The molecule has 1 N–H and O–H groups in total. The lowest BCUT2D eigenvalue weighted by Gasteiger charge is -2.15. The maximum atomic E-state index is 12.6. The van der Waals surface area contributed by atoms with Gasteiger partial charge in [-0.1, -0.05) is 29.4 Å². The fourth-order valence-corrected chi connectivity index (χ4v) is 4.20. The zero-order chi connectivity index (χ0) is 20.4. The number of anilines is 1. The molecule has 1 aliphatic rings. The molecule has 150 valence electrons. The summed E-state index contributed by atoms with van der Waals surface area (Å²) in [5.74, 6) is 0.641. The van der Waals surface area contributed by atoms with Crippen LogP contribution in [0.2, 0.25) is 0 Å². The van der Waals surface area contributed by atoms with E-state index in [4.69, 9.17) is 4.52 Å². The molecule has 0 atom stereocenters. The lowest BCUT2D eigenvalue weighted by molar-refractivity contribution is -0.117. The summed E-state index contributed by atoms with van der Waals surface area (Å²) in [5.41, 5.74) is 2.53. The van der Waals surface area contributed by atoms with Crippen molar-refractivity contribution < 1.29 is 17.7 Å². The summed E-state index contributed by atoms with van der Waals surface area (Å²) in [5, 5.41) is 3.93. The maximum absolute atomic E-state index is 12.6. The molecule has 3 aromatic rings. The number of benzene rings is 2. The number of nitrogens with one attached hydrogen (secondary N) is 1. The third-order valence-corrected chi connectivity index (χ3v) is 6.22. The van der Waals surface area contributed by atoms with E-state index in [-0.39, 0.29) is 23.2 Å². The second-order valence-corrected chi connectivity index (χ2v) is 8.56. The highest BCUT2D eigenvalue weighted by Gasteiger charge is 2.22. The first-order valence-corrected chi connectivity index (χ1v) is 10.7. The van der Waals surface area contributed by atoms with Crippen molar-refractivity contribution in [3.05, 3.63) is 60.0 Å². The summed E-state index contributed by atoms with van der Waals surface area (Å²) >= 11 is 0. The Morgan fingerprint density at radius 1 is 1.14 bits per heavy atom. The number of nitrogens with zero attached hydrogens (tertiary/aromatic N) is 3. The van der Waals surface area contributed by atoms with Crippen LogP contribution in [0.4, 0.5) is 5.69 Å². The van der Waals surface area contributed by atoms with E-state index >= 15 is 0 Å². The van der Waals surface area contributed by atoms with Gasteiger partial charge in [0.15, 0.2) is 0 Å². The van der Waals surface area contributed by atoms with Gasteiger partial charge in [-0.05, 0) is 43.2 Å². The molecule has 9 heteroatoms. The van der Waals surface area contributed by atoms with Crippen LogP contribution < -0.4 is 9.62 Å². The smallest absolute Gasteiger partial charge is 0.242 e. The van der Waals surface area contributed by atoms with Crippen LogP contribution in [0.3, 0.4) is 0 Å². The Morgan fingerprint density at radius 2 is 1.90 bits per heavy atom. The van der Waals surface area contributed by atoms with Crippen molar-refractivity contribution in [2.45, 2.75) is 31.2 Å². The summed E-state index contributed by atoms with van der Waals surface area (Å²) in [6.07, 6.45) is 1.34. The zero-order valence-corrected chi connectivity index (χ0v) is 16.6. The minimum absolute atomic E-state index is 0.0552. The molecule has 1 saturated heterocycles. The molecule has 29 heavy (non-hydrogen) atoms. The Labute approximate surface area is 168 Å². The average Bonchev–Trinajstić information content (AvgIpc) is 3.36. The van der Waals surface area contributed by atoms with E-state index in [1.54, 1.807) is 17.0 Å². The van der Waals surface area contributed by atoms with Crippen LogP contribution >= 0.6 is 0 Å². The molecule has 4 rings (SSSR count). The van der Waals surface area contributed by atoms with Crippen LogP contribution in [0, 0.1) is 6.92 Å². The molecule has 0 spiro atoms. The molecule has 2 aromatic carbocycles. The highest BCUT2D eigenvalue weighted by atomic mass is 32.2. The van der Waals surface area contributed by atoms with Gasteiger partial charge in [0, 0.05) is 24.2 Å². The number of sulfonamides is 1. The first-order chi connectivity index (χ1) is 13.9. The number of hydrogen-bond acceptors (Lipinski definition) is 6. The van der Waals surface area contributed by atoms with Gasteiger partial charge >= 0.3 is 0 Å². The summed E-state index contributed by atoms with van der Waals surface area (Å²) in [6.45, 7) is 2.48. The van der Waals surface area contributed by atoms with Crippen LogP contribution in [0.15, 0.2) is 57.9 Å². The quantitative estimate of drug-likeness (QED) is 0.667. The van der Waals surface area contributed by atoms with Gasteiger partial charge in [-0.15, -0.1) is 0 Å². The fourth-order valence-electron chi connectivity index (χ4n) is 3.23. The Bertz CT molecular complexity index is 1140. The zero-order valence-electron chi connectivity index (χ0n) is 15.8. The molecular weight excluding hydrogens is 392 g/mol. The number of amides is 1. The highest BCUT2D eigenvalue weighted by molar-refractivity contribution is 7.89. The second kappa shape index (κ2) is 7.76. The van der Waals surface area contributed by atoms with E-state index < -0.39 is 10.0 Å². The van der Waals surface area contributed by atoms with Crippen LogP contribution in [0.25, 0.3) is 11.4 Å². The molecule has 0 aliphatic carbocycles. The van der Waals surface area contributed by atoms with Crippen molar-refractivity contribution in [2.75, 3.05) is 11.4 Å². The van der Waals surface area contributed by atoms with E-state index in [0.29, 0.717) is 24.5 Å². The monoisotopic (exact) mass is 412 g/mol. The molecule has 1 fully saturated rings. The van der Waals surface area contributed by atoms with Crippen molar-refractivity contribution in [3.8, 4) is 11.4 Å². The molecule has 2 heterocycles. The van der Waals surface area contributed by atoms with E-state index in [1.165, 1.54) is 12.1 Å². The second-order valence-electron chi connectivity index (χ2n) is 6.79. The topological polar surface area (TPSA) is 105 Å². The third-order valence-electron chi connectivity index (χ3n) is 4.80. The number of rotatable bonds is 6. The highest BCUT2D eigenvalue weighted by Crippen LogP contribution is 2.23. The van der Waals surface area contributed by atoms with Gasteiger partial charge in [0.1, 0.15) is 0 Å². The Hall–Kier alpha value is -3.04. The molecule has 0 bridgehead atoms. The van der Waals surface area contributed by atoms with Gasteiger partial charge in [0.25, 0.3) is 0 Å². The lowest BCUT2D eigenvalue weighted by Crippen LogP contribution is -2.25. The van der Waals surface area contributed by atoms with Gasteiger partial charge in [-0.2, -0.15) is 4.98 Å². The molecule has 0 saturated carbocycles. The Balaban J connectivity index is 1.44. The minimum Gasteiger partial charge on any atom is -0.338 e. The molecule has 1 aromatic heterocycles. The SMILES string of the molecule is Cc1ccccc1-c1noc(CNS(=O)(=O)c2ccc(N3CCCC3=O)cc2)n1. The number of aryl methyl sites for hydroxylation is 1. The van der Waals surface area contributed by atoms with Crippen molar-refractivity contribution in [1.82, 2.24) is 14.9 Å². The first kappa shape index (κ1) is 19.3. The number of carbonyl (C=O) groups is 1. The molecular formula is C20H20N4O4S. The van der Waals surface area contributed by atoms with Gasteiger partial charge in [-0.3, -0.25) is 4.79 Å². The number of hydrogen-bond donors (Lipinski definition) is 1. The van der Waals surface area contributed by atoms with Gasteiger partial charge in [0.05, 0.1) is 11.4 Å². The number of aromatic nitrogens is 2. The minimum atomic E-state index is -3.76. The molecule has 0 radical (unpaired) electrons. The normalized spacial score (nSPS) is 14.5. The summed E-state index contributed by atoms with van der Waals surface area (Å²) in [6, 6.07) is 13.8. The lowest BCUT2D eigenvalue weighted by atomic mass is 10.1. The fraction of sp³-hybridized carbons (Fsp3) is 0.250. The summed E-state index contributed by atoms with van der Waals surface area (Å²) < 4.78 is 32.7. The molecule has 8 nitrogen and oxygen atoms in total. The number of carbonyl (C=O) groups excluding carboxylic acids is 1. The van der Waals surface area contributed by atoms with Crippen LogP contribution in [0.5, 0.6) is 0 Å². The maximum Gasteiger partial charge on any atom is 0.242 e. The molecule has 1 amide bonds. The van der Waals surface area contributed by atoms with E-state index in [1.807, 2.05) is 31.2 Å². The third kappa shape index (κ3) is 4.06. The summed E-state index contributed by atoms with van der Waals surface area (Å²) in [7, 11) is -3.76. The van der Waals surface area contributed by atoms with Crippen molar-refractivity contribution >= 4 is 21.6 Å². The standard InChI is InChI=1S/C20H20N4O4S/c1-14-5-2-3-6-17(14)20-22-18(28-23-20)13-21-29(26,27)16-10-8-15(9-11-16)24-12-4-7-19(24)25/h2-3,5-6,8-11,21H,4,7,12-13H2,1H3. The van der Waals surface area contributed by atoms with E-state index in [2.05, 4.69) is 14.9 Å². The van der Waals surface area contributed by atoms with Gasteiger partial charge in [0.2, 0.25) is 27.6 Å². The predicted octanol–water partition coefficient (Wildman–Crippen LogP) is 2.65. The average molecular weight is 412 g/mol. The molecule has 1 aliphatic heterocycles. The predicted molar refractivity (Wildman–Crippen MR) is 107 cm³/mol. The van der Waals surface area contributed by atoms with Gasteiger partial charge < -0.3 is 9.42 Å². The van der Waals surface area contributed by atoms with E-state index in [0.717, 1.165) is 17.5 Å². The van der Waals surface area contributed by atoms with Crippen molar-refractivity contribution in [3.63, 3.8) is 0 Å². The van der Waals surface area contributed by atoms with Crippen LogP contribution in [-0.2, 0) is 21.4 Å².